The minimum Gasteiger partial charge on any atom is -0.360 e. The number of likely N-dealkylation sites (N-methyl/N-ethyl adjacent to an activating group) is 1. The predicted octanol–water partition coefficient (Wildman–Crippen LogP) is 1.85. The number of hydrogen-bond acceptors (Lipinski definition) is 3. The molecule has 1 aromatic carbocycles. The molecule has 0 atom stereocenters. The Morgan fingerprint density at radius 3 is 2.76 bits per heavy atom. The fourth-order valence-corrected chi connectivity index (χ4v) is 2.46. The van der Waals surface area contributed by atoms with Gasteiger partial charge >= 0.3 is 0 Å². The van der Waals surface area contributed by atoms with Crippen molar-refractivity contribution in [1.29, 1.82) is 0 Å². The van der Waals surface area contributed by atoms with E-state index in [9.17, 15) is 9.18 Å². The molecule has 1 N–H and O–H groups in total. The molecule has 4 nitrogen and oxygen atoms in total. The molecule has 1 fully saturated rings. The van der Waals surface area contributed by atoms with Gasteiger partial charge in [0.25, 0.3) is 0 Å². The number of carbonyl (C=O) groups is 1. The zero-order chi connectivity index (χ0) is 15.4. The number of rotatable bonds is 5. The summed E-state index contributed by atoms with van der Waals surface area (Å²) in [6.07, 6.45) is 0. The van der Waals surface area contributed by atoms with Crippen LogP contribution in [0.5, 0.6) is 0 Å². The first-order valence-electron chi connectivity index (χ1n) is 7.45. The lowest BCUT2D eigenvalue weighted by Gasteiger charge is -2.34. The number of halogens is 1. The highest BCUT2D eigenvalue weighted by Crippen LogP contribution is 2.23. The van der Waals surface area contributed by atoms with Gasteiger partial charge in [0, 0.05) is 32.4 Å². The first kappa shape index (κ1) is 15.8. The highest BCUT2D eigenvalue weighted by atomic mass is 19.1. The summed E-state index contributed by atoms with van der Waals surface area (Å²) in [7, 11) is 1.81. The Morgan fingerprint density at radius 2 is 2.10 bits per heavy atom. The lowest BCUT2D eigenvalue weighted by Crippen LogP contribution is -2.49. The first-order chi connectivity index (χ1) is 9.97. The first-order valence-corrected chi connectivity index (χ1v) is 7.45. The normalized spacial score (nSPS) is 16.0. The van der Waals surface area contributed by atoms with Gasteiger partial charge in [-0.05, 0) is 36.2 Å². The van der Waals surface area contributed by atoms with Crippen LogP contribution in [0.4, 0.5) is 10.1 Å². The Balaban J connectivity index is 2.12. The van der Waals surface area contributed by atoms with Crippen LogP contribution < -0.4 is 10.2 Å². The van der Waals surface area contributed by atoms with Gasteiger partial charge in [0.1, 0.15) is 5.82 Å². The second-order valence-electron chi connectivity index (χ2n) is 6.03. The van der Waals surface area contributed by atoms with E-state index in [2.05, 4.69) is 19.2 Å². The Morgan fingerprint density at radius 1 is 1.33 bits per heavy atom. The summed E-state index contributed by atoms with van der Waals surface area (Å²) >= 11 is 0. The van der Waals surface area contributed by atoms with Crippen molar-refractivity contribution in [2.45, 2.75) is 20.4 Å². The van der Waals surface area contributed by atoms with Crippen LogP contribution in [0, 0.1) is 11.7 Å². The summed E-state index contributed by atoms with van der Waals surface area (Å²) in [5.74, 6) is 0.416. The van der Waals surface area contributed by atoms with E-state index in [0.717, 1.165) is 24.3 Å². The Kier molecular flexibility index (Phi) is 5.17. The third kappa shape index (κ3) is 4.17. The van der Waals surface area contributed by atoms with Gasteiger partial charge in [-0.2, -0.15) is 0 Å². The number of anilines is 1. The standard InChI is InChI=1S/C16H24FN3O/c1-12(2)9-18-10-13-8-14(17)4-5-15(13)20-7-6-19(3)16(21)11-20/h4-5,8,12,18H,6-7,9-11H2,1-3H3. The molecule has 1 aromatic rings. The van der Waals surface area contributed by atoms with Crippen LogP contribution in [0.3, 0.4) is 0 Å². The average molecular weight is 293 g/mol. The molecule has 0 bridgehead atoms. The van der Waals surface area contributed by atoms with Crippen molar-refractivity contribution in [3.05, 3.63) is 29.6 Å². The van der Waals surface area contributed by atoms with E-state index in [0.29, 0.717) is 25.6 Å². The summed E-state index contributed by atoms with van der Waals surface area (Å²) in [6.45, 7) is 7.63. The van der Waals surface area contributed by atoms with Gasteiger partial charge in [-0.3, -0.25) is 4.79 Å². The van der Waals surface area contributed by atoms with Gasteiger partial charge in [0.05, 0.1) is 6.54 Å². The smallest absolute Gasteiger partial charge is 0.241 e. The molecule has 1 heterocycles. The predicted molar refractivity (Wildman–Crippen MR) is 82.8 cm³/mol. The van der Waals surface area contributed by atoms with E-state index >= 15 is 0 Å². The molecule has 5 heteroatoms. The third-order valence-corrected chi connectivity index (χ3v) is 3.71. The van der Waals surface area contributed by atoms with Crippen LogP contribution in [0.25, 0.3) is 0 Å². The molecule has 21 heavy (non-hydrogen) atoms. The lowest BCUT2D eigenvalue weighted by atomic mass is 10.1. The van der Waals surface area contributed by atoms with E-state index in [1.165, 1.54) is 6.07 Å². The van der Waals surface area contributed by atoms with Crippen molar-refractivity contribution >= 4 is 11.6 Å². The zero-order valence-electron chi connectivity index (χ0n) is 13.0. The van der Waals surface area contributed by atoms with E-state index in [-0.39, 0.29) is 11.7 Å². The monoisotopic (exact) mass is 293 g/mol. The van der Waals surface area contributed by atoms with Gasteiger partial charge < -0.3 is 15.1 Å². The summed E-state index contributed by atoms with van der Waals surface area (Å²) in [5, 5.41) is 3.34. The Labute approximate surface area is 125 Å². The maximum Gasteiger partial charge on any atom is 0.241 e. The van der Waals surface area contributed by atoms with Crippen LogP contribution in [-0.2, 0) is 11.3 Å². The summed E-state index contributed by atoms with van der Waals surface area (Å²) in [5.41, 5.74) is 1.86. The molecular weight excluding hydrogens is 269 g/mol. The molecule has 0 aliphatic carbocycles. The minimum atomic E-state index is -0.236. The van der Waals surface area contributed by atoms with Gasteiger partial charge in [-0.15, -0.1) is 0 Å². The average Bonchev–Trinajstić information content (AvgIpc) is 2.42. The number of hydrogen-bond donors (Lipinski definition) is 1. The number of carbonyl (C=O) groups excluding carboxylic acids is 1. The fourth-order valence-electron chi connectivity index (χ4n) is 2.46. The second kappa shape index (κ2) is 6.89. The van der Waals surface area contributed by atoms with Gasteiger partial charge in [0.15, 0.2) is 0 Å². The Bertz CT molecular complexity index is 504. The zero-order valence-corrected chi connectivity index (χ0v) is 13.0. The lowest BCUT2D eigenvalue weighted by molar-refractivity contribution is -0.129. The second-order valence-corrected chi connectivity index (χ2v) is 6.03. The number of nitrogens with zero attached hydrogens (tertiary/aromatic N) is 2. The van der Waals surface area contributed by atoms with E-state index in [1.807, 2.05) is 11.9 Å². The van der Waals surface area contributed by atoms with Gasteiger partial charge in [-0.25, -0.2) is 4.39 Å². The van der Waals surface area contributed by atoms with Crippen LogP contribution in [0.1, 0.15) is 19.4 Å². The number of amides is 1. The summed E-state index contributed by atoms with van der Waals surface area (Å²) < 4.78 is 13.5. The summed E-state index contributed by atoms with van der Waals surface area (Å²) in [4.78, 5) is 15.6. The van der Waals surface area contributed by atoms with Crippen molar-refractivity contribution in [3.63, 3.8) is 0 Å². The highest BCUT2D eigenvalue weighted by Gasteiger charge is 2.22. The molecule has 0 saturated carbocycles. The molecule has 1 saturated heterocycles. The van der Waals surface area contributed by atoms with E-state index in [4.69, 9.17) is 0 Å². The van der Waals surface area contributed by atoms with Crippen LogP contribution in [0.15, 0.2) is 18.2 Å². The topological polar surface area (TPSA) is 35.6 Å². The molecule has 0 unspecified atom stereocenters. The van der Waals surface area contributed by atoms with Crippen LogP contribution in [0.2, 0.25) is 0 Å². The Hall–Kier alpha value is -1.62. The third-order valence-electron chi connectivity index (χ3n) is 3.71. The van der Waals surface area contributed by atoms with Crippen LogP contribution in [-0.4, -0.2) is 44.0 Å². The molecule has 0 spiro atoms. The van der Waals surface area contributed by atoms with Crippen molar-refractivity contribution in [1.82, 2.24) is 10.2 Å². The van der Waals surface area contributed by atoms with Crippen molar-refractivity contribution < 1.29 is 9.18 Å². The quantitative estimate of drug-likeness (QED) is 0.900. The van der Waals surface area contributed by atoms with Crippen molar-refractivity contribution in [2.24, 2.45) is 5.92 Å². The fraction of sp³-hybridized carbons (Fsp3) is 0.562. The largest absolute Gasteiger partial charge is 0.360 e. The van der Waals surface area contributed by atoms with E-state index < -0.39 is 0 Å². The number of benzene rings is 1. The maximum absolute atomic E-state index is 13.5. The van der Waals surface area contributed by atoms with E-state index in [1.54, 1.807) is 17.0 Å². The highest BCUT2D eigenvalue weighted by molar-refractivity contribution is 5.83. The van der Waals surface area contributed by atoms with Crippen LogP contribution >= 0.6 is 0 Å². The van der Waals surface area contributed by atoms with Gasteiger partial charge in [0.2, 0.25) is 5.91 Å². The molecule has 1 aliphatic rings. The minimum absolute atomic E-state index is 0.103. The molecule has 0 aromatic heterocycles. The molecule has 2 rings (SSSR count). The molecule has 1 aliphatic heterocycles. The summed E-state index contributed by atoms with van der Waals surface area (Å²) in [6, 6.07) is 4.80. The number of piperazine rings is 1. The molecule has 0 radical (unpaired) electrons. The molecule has 116 valence electrons. The SMILES string of the molecule is CC(C)CNCc1cc(F)ccc1N1CCN(C)C(=O)C1. The van der Waals surface area contributed by atoms with Crippen molar-refractivity contribution in [2.75, 3.05) is 38.1 Å². The molecular formula is C16H24FN3O. The molecule has 1 amide bonds. The van der Waals surface area contributed by atoms with Gasteiger partial charge in [-0.1, -0.05) is 13.8 Å². The maximum atomic E-state index is 13.5. The number of nitrogens with one attached hydrogen (secondary N) is 1. The van der Waals surface area contributed by atoms with Crippen molar-refractivity contribution in [3.8, 4) is 0 Å².